The van der Waals surface area contributed by atoms with E-state index in [1.165, 1.54) is 12.1 Å². The minimum absolute atomic E-state index is 0.000856. The maximum Gasteiger partial charge on any atom is 0.270 e. The Hall–Kier alpha value is -1.82. The van der Waals surface area contributed by atoms with Crippen LogP contribution in [0.15, 0.2) is 23.2 Å². The molecule has 0 saturated carbocycles. The van der Waals surface area contributed by atoms with Crippen molar-refractivity contribution in [3.8, 4) is 0 Å². The van der Waals surface area contributed by atoms with E-state index in [4.69, 9.17) is 11.6 Å². The smallest absolute Gasteiger partial charge is 0.270 e. The van der Waals surface area contributed by atoms with Gasteiger partial charge in [0.25, 0.3) is 5.69 Å². The Kier molecular flexibility index (Phi) is 3.66. The summed E-state index contributed by atoms with van der Waals surface area (Å²) in [4.78, 5) is 16.4. The zero-order valence-corrected chi connectivity index (χ0v) is 10.6. The van der Waals surface area contributed by atoms with Crippen LogP contribution in [0.25, 0.3) is 0 Å². The zero-order valence-electron chi connectivity index (χ0n) is 9.89. The van der Waals surface area contributed by atoms with E-state index in [0.29, 0.717) is 11.6 Å². The van der Waals surface area contributed by atoms with Gasteiger partial charge in [0.2, 0.25) is 0 Å². The van der Waals surface area contributed by atoms with Crippen LogP contribution in [-0.4, -0.2) is 35.9 Å². The summed E-state index contributed by atoms with van der Waals surface area (Å²) in [7, 11) is 1.95. The number of guanidine groups is 1. The van der Waals surface area contributed by atoms with Gasteiger partial charge in [0.15, 0.2) is 5.96 Å². The number of nitrogens with zero attached hydrogens (tertiary/aromatic N) is 3. The van der Waals surface area contributed by atoms with Crippen molar-refractivity contribution in [3.05, 3.63) is 38.9 Å². The molecule has 2 rings (SSSR count). The number of nitrogens with one attached hydrogen (secondary N) is 1. The van der Waals surface area contributed by atoms with Gasteiger partial charge in [0.1, 0.15) is 0 Å². The monoisotopic (exact) mass is 268 g/mol. The second kappa shape index (κ2) is 5.22. The molecular formula is C11H13ClN4O2. The van der Waals surface area contributed by atoms with Gasteiger partial charge >= 0.3 is 0 Å². The number of hydrogen-bond donors (Lipinski definition) is 1. The van der Waals surface area contributed by atoms with Gasteiger partial charge in [-0.1, -0.05) is 11.6 Å². The van der Waals surface area contributed by atoms with Crippen LogP contribution in [0.4, 0.5) is 5.69 Å². The summed E-state index contributed by atoms with van der Waals surface area (Å²) in [5.74, 6) is 0.824. The summed E-state index contributed by atoms with van der Waals surface area (Å²) in [6, 6.07) is 4.46. The Bertz CT molecular complexity index is 504. The van der Waals surface area contributed by atoms with E-state index >= 15 is 0 Å². The number of halogens is 1. The molecule has 0 bridgehead atoms. The molecule has 96 valence electrons. The molecule has 1 aromatic carbocycles. The minimum Gasteiger partial charge on any atom is -0.352 e. The average Bonchev–Trinajstić information content (AvgIpc) is 2.73. The lowest BCUT2D eigenvalue weighted by atomic mass is 10.2. The highest BCUT2D eigenvalue weighted by Crippen LogP contribution is 2.22. The first kappa shape index (κ1) is 12.6. The van der Waals surface area contributed by atoms with Gasteiger partial charge in [-0.05, 0) is 11.6 Å². The quantitative estimate of drug-likeness (QED) is 0.668. The molecule has 0 fully saturated rings. The number of benzene rings is 1. The lowest BCUT2D eigenvalue weighted by Gasteiger charge is -2.15. The Morgan fingerprint density at radius 1 is 1.61 bits per heavy atom. The van der Waals surface area contributed by atoms with E-state index < -0.39 is 4.92 Å². The van der Waals surface area contributed by atoms with Gasteiger partial charge in [-0.25, -0.2) is 0 Å². The Labute approximate surface area is 109 Å². The van der Waals surface area contributed by atoms with E-state index in [1.807, 2.05) is 11.9 Å². The lowest BCUT2D eigenvalue weighted by molar-refractivity contribution is -0.384. The van der Waals surface area contributed by atoms with Crippen molar-refractivity contribution in [1.29, 1.82) is 0 Å². The van der Waals surface area contributed by atoms with Crippen LogP contribution in [0, 0.1) is 10.1 Å². The first-order valence-corrected chi connectivity index (χ1v) is 5.88. The summed E-state index contributed by atoms with van der Waals surface area (Å²) >= 11 is 6.00. The van der Waals surface area contributed by atoms with Crippen molar-refractivity contribution in [3.63, 3.8) is 0 Å². The van der Waals surface area contributed by atoms with Crippen LogP contribution >= 0.6 is 11.6 Å². The Morgan fingerprint density at radius 3 is 2.94 bits per heavy atom. The van der Waals surface area contributed by atoms with Gasteiger partial charge in [-0.2, -0.15) is 0 Å². The molecule has 0 aliphatic carbocycles. The summed E-state index contributed by atoms with van der Waals surface area (Å²) < 4.78 is 0. The molecular weight excluding hydrogens is 256 g/mol. The zero-order chi connectivity index (χ0) is 13.1. The van der Waals surface area contributed by atoms with Crippen molar-refractivity contribution in [1.82, 2.24) is 10.2 Å². The normalized spacial score (nSPS) is 14.6. The van der Waals surface area contributed by atoms with Crippen LogP contribution in [0.1, 0.15) is 5.56 Å². The van der Waals surface area contributed by atoms with Gasteiger partial charge in [-0.3, -0.25) is 15.1 Å². The molecule has 0 spiro atoms. The highest BCUT2D eigenvalue weighted by Gasteiger charge is 2.13. The molecule has 1 heterocycles. The average molecular weight is 269 g/mol. The fraction of sp³-hybridized carbons (Fsp3) is 0.364. The largest absolute Gasteiger partial charge is 0.352 e. The molecule has 6 nitrogen and oxygen atoms in total. The maximum absolute atomic E-state index is 10.6. The van der Waals surface area contributed by atoms with Crippen molar-refractivity contribution in [2.24, 2.45) is 4.99 Å². The standard InChI is InChI=1S/C11H13ClN4O2/c1-15-5-4-13-11(15)14-7-8-2-3-9(16(17)18)6-10(8)12/h2-3,6H,4-5,7H2,1H3,(H,13,14). The summed E-state index contributed by atoms with van der Waals surface area (Å²) in [6.45, 7) is 2.18. The van der Waals surface area contributed by atoms with Crippen molar-refractivity contribution in [2.45, 2.75) is 6.54 Å². The van der Waals surface area contributed by atoms with Gasteiger partial charge < -0.3 is 10.2 Å². The fourth-order valence-electron chi connectivity index (χ4n) is 1.69. The Balaban J connectivity index is 2.04. The van der Waals surface area contributed by atoms with Gasteiger partial charge in [0.05, 0.1) is 16.5 Å². The summed E-state index contributed by atoms with van der Waals surface area (Å²) in [6.07, 6.45) is 0. The SMILES string of the molecule is CN1CCN=C1NCc1ccc([N+](=O)[O-])cc1Cl. The molecule has 0 radical (unpaired) electrons. The van der Waals surface area contributed by atoms with Crippen molar-refractivity contribution < 1.29 is 4.92 Å². The van der Waals surface area contributed by atoms with Crippen LogP contribution in [0.3, 0.4) is 0 Å². The molecule has 0 saturated heterocycles. The molecule has 0 amide bonds. The topological polar surface area (TPSA) is 70.8 Å². The third-order valence-corrected chi connectivity index (χ3v) is 3.09. The number of rotatable bonds is 3. The number of aliphatic imine (C=N–C) groups is 1. The van der Waals surface area contributed by atoms with Crippen LogP contribution in [0.5, 0.6) is 0 Å². The maximum atomic E-state index is 10.6. The minimum atomic E-state index is -0.460. The van der Waals surface area contributed by atoms with Crippen LogP contribution in [-0.2, 0) is 6.54 Å². The number of nitro groups is 1. The van der Waals surface area contributed by atoms with Gasteiger partial charge in [0, 0.05) is 32.3 Å². The molecule has 1 aliphatic rings. The molecule has 1 N–H and O–H groups in total. The van der Waals surface area contributed by atoms with Crippen LogP contribution in [0.2, 0.25) is 5.02 Å². The molecule has 0 atom stereocenters. The predicted molar refractivity (Wildman–Crippen MR) is 69.9 cm³/mol. The highest BCUT2D eigenvalue weighted by atomic mass is 35.5. The molecule has 18 heavy (non-hydrogen) atoms. The number of hydrogen-bond acceptors (Lipinski definition) is 5. The lowest BCUT2D eigenvalue weighted by Crippen LogP contribution is -2.35. The fourth-order valence-corrected chi connectivity index (χ4v) is 1.93. The summed E-state index contributed by atoms with van der Waals surface area (Å²) in [5, 5.41) is 14.1. The van der Waals surface area contributed by atoms with E-state index in [2.05, 4.69) is 10.3 Å². The van der Waals surface area contributed by atoms with E-state index in [0.717, 1.165) is 24.6 Å². The van der Waals surface area contributed by atoms with Crippen LogP contribution < -0.4 is 5.32 Å². The van der Waals surface area contributed by atoms with Gasteiger partial charge in [-0.15, -0.1) is 0 Å². The van der Waals surface area contributed by atoms with Crippen molar-refractivity contribution in [2.75, 3.05) is 20.1 Å². The third kappa shape index (κ3) is 2.70. The molecule has 0 aromatic heterocycles. The molecule has 1 aliphatic heterocycles. The predicted octanol–water partition coefficient (Wildman–Crippen LogP) is 1.64. The first-order chi connectivity index (χ1) is 8.58. The molecule has 0 unspecified atom stereocenters. The molecule has 7 heteroatoms. The number of likely N-dealkylation sites (N-methyl/N-ethyl adjacent to an activating group) is 1. The van der Waals surface area contributed by atoms with E-state index in [9.17, 15) is 10.1 Å². The number of nitro benzene ring substituents is 1. The second-order valence-corrected chi connectivity index (χ2v) is 4.42. The number of non-ortho nitro benzene ring substituents is 1. The molecule has 1 aromatic rings. The first-order valence-electron chi connectivity index (χ1n) is 5.50. The Morgan fingerprint density at radius 2 is 2.39 bits per heavy atom. The third-order valence-electron chi connectivity index (χ3n) is 2.74. The second-order valence-electron chi connectivity index (χ2n) is 4.01. The van der Waals surface area contributed by atoms with E-state index in [-0.39, 0.29) is 5.69 Å². The van der Waals surface area contributed by atoms with E-state index in [1.54, 1.807) is 6.07 Å². The highest BCUT2D eigenvalue weighted by molar-refractivity contribution is 6.31. The summed E-state index contributed by atoms with van der Waals surface area (Å²) in [5.41, 5.74) is 0.810. The van der Waals surface area contributed by atoms with Crippen molar-refractivity contribution >= 4 is 23.2 Å².